The molecule has 0 fully saturated rings. The van der Waals surface area contributed by atoms with Crippen LogP contribution in [0.2, 0.25) is 0 Å². The monoisotopic (exact) mass is 390 g/mol. The maximum atomic E-state index is 6.12. The average Bonchev–Trinajstić information content (AvgIpc) is 2.56. The van der Waals surface area contributed by atoms with Gasteiger partial charge in [-0.05, 0) is 53.0 Å². The summed E-state index contributed by atoms with van der Waals surface area (Å²) in [4.78, 5) is 0. The second-order valence-electron chi connectivity index (χ2n) is 4.29. The molecule has 84 valence electrons. The maximum absolute atomic E-state index is 6.12. The number of rotatable bonds is 0. The van der Waals surface area contributed by atoms with Crippen molar-refractivity contribution in [3.63, 3.8) is 0 Å². The summed E-state index contributed by atoms with van der Waals surface area (Å²) in [5.74, 6) is 0. The molecule has 1 aromatic rings. The molecule has 3 rings (SSSR count). The van der Waals surface area contributed by atoms with Gasteiger partial charge in [-0.25, -0.2) is 0 Å². The summed E-state index contributed by atoms with van der Waals surface area (Å²) in [5.41, 5.74) is 2.78. The lowest BCUT2D eigenvalue weighted by Crippen LogP contribution is -2.14. The lowest BCUT2D eigenvalue weighted by atomic mass is 9.97. The van der Waals surface area contributed by atoms with Crippen LogP contribution in [-0.2, 0) is 11.2 Å². The second kappa shape index (κ2) is 4.42. The molecule has 0 saturated heterocycles. The minimum Gasteiger partial charge on any atom is -0.360 e. The predicted molar refractivity (Wildman–Crippen MR) is 77.0 cm³/mol. The molecule has 2 heterocycles. The highest BCUT2D eigenvalue weighted by molar-refractivity contribution is 14.1. The minimum absolute atomic E-state index is 0.133. The molecule has 16 heavy (non-hydrogen) atoms. The first-order valence-corrected chi connectivity index (χ1v) is 7.43. The third-order valence-electron chi connectivity index (χ3n) is 3.29. The fourth-order valence-corrected chi connectivity index (χ4v) is 3.81. The summed E-state index contributed by atoms with van der Waals surface area (Å²) in [6, 6.07) is 8.64. The molecular weight excluding hydrogens is 379 g/mol. The molecule has 2 aliphatic rings. The molecule has 2 aliphatic heterocycles. The van der Waals surface area contributed by atoms with E-state index < -0.39 is 0 Å². The van der Waals surface area contributed by atoms with Gasteiger partial charge < -0.3 is 4.74 Å². The fourth-order valence-electron chi connectivity index (χ4n) is 2.46. The molecule has 0 saturated carbocycles. The van der Waals surface area contributed by atoms with Gasteiger partial charge in [0.15, 0.2) is 0 Å². The van der Waals surface area contributed by atoms with Crippen molar-refractivity contribution >= 4 is 38.5 Å². The first kappa shape index (κ1) is 11.2. The van der Waals surface area contributed by atoms with E-state index in [1.165, 1.54) is 32.0 Å². The average molecular weight is 391 g/mol. The molecule has 3 heteroatoms. The molecule has 0 aliphatic carbocycles. The van der Waals surface area contributed by atoms with Gasteiger partial charge in [-0.2, -0.15) is 0 Å². The van der Waals surface area contributed by atoms with Gasteiger partial charge in [0.2, 0.25) is 0 Å². The quantitative estimate of drug-likeness (QED) is 0.592. The second-order valence-corrected chi connectivity index (χ2v) is 6.31. The number of halogens is 2. The van der Waals surface area contributed by atoms with Gasteiger partial charge in [-0.15, -0.1) is 0 Å². The van der Waals surface area contributed by atoms with Crippen LogP contribution in [0.4, 0.5) is 0 Å². The zero-order valence-electron chi connectivity index (χ0n) is 8.75. The molecule has 2 bridgehead atoms. The van der Waals surface area contributed by atoms with Crippen LogP contribution < -0.4 is 0 Å². The topological polar surface area (TPSA) is 9.23 Å². The van der Waals surface area contributed by atoms with Crippen molar-refractivity contribution in [3.05, 3.63) is 43.5 Å². The summed E-state index contributed by atoms with van der Waals surface area (Å²) in [7, 11) is 0. The lowest BCUT2D eigenvalue weighted by Gasteiger charge is -2.21. The van der Waals surface area contributed by atoms with Gasteiger partial charge in [-0.3, -0.25) is 0 Å². The van der Waals surface area contributed by atoms with E-state index in [9.17, 15) is 0 Å². The highest BCUT2D eigenvalue weighted by Crippen LogP contribution is 2.47. The van der Waals surface area contributed by atoms with Crippen LogP contribution in [0.25, 0.3) is 0 Å². The van der Waals surface area contributed by atoms with Crippen molar-refractivity contribution in [1.82, 2.24) is 0 Å². The van der Waals surface area contributed by atoms with E-state index in [0.717, 1.165) is 6.42 Å². The third kappa shape index (κ3) is 1.77. The molecule has 0 aromatic heterocycles. The van der Waals surface area contributed by atoms with Gasteiger partial charge in [-0.1, -0.05) is 40.2 Å². The minimum atomic E-state index is 0.133. The zero-order chi connectivity index (χ0) is 11.1. The highest BCUT2D eigenvalue weighted by Gasteiger charge is 2.34. The molecule has 0 radical (unpaired) electrons. The van der Waals surface area contributed by atoms with Crippen LogP contribution in [0.1, 0.15) is 30.1 Å². The van der Waals surface area contributed by atoms with Crippen molar-refractivity contribution in [2.75, 3.05) is 0 Å². The summed E-state index contributed by atoms with van der Waals surface area (Å²) >= 11 is 6.11. The zero-order valence-corrected chi connectivity index (χ0v) is 12.5. The van der Waals surface area contributed by atoms with Crippen LogP contribution in [0.3, 0.4) is 0 Å². The largest absolute Gasteiger partial charge is 0.360 e. The summed E-state index contributed by atoms with van der Waals surface area (Å²) in [6.45, 7) is 0. The van der Waals surface area contributed by atoms with Crippen molar-refractivity contribution in [3.8, 4) is 0 Å². The standard InChI is InChI=1S/C13H12BrIO/c14-11-12(15)10-7-3-5-8-4-1-2-6-9(8)13(11)16-10/h1-2,4,6,10,13H,3,5,7H2. The van der Waals surface area contributed by atoms with Crippen molar-refractivity contribution in [1.29, 1.82) is 0 Å². The first-order chi connectivity index (χ1) is 7.77. The Balaban J connectivity index is 2.12. The highest BCUT2D eigenvalue weighted by atomic mass is 127. The summed E-state index contributed by atoms with van der Waals surface area (Å²) in [6.07, 6.45) is 3.97. The molecule has 0 N–H and O–H groups in total. The van der Waals surface area contributed by atoms with E-state index in [1.807, 2.05) is 0 Å². The number of hydrogen-bond donors (Lipinski definition) is 0. The smallest absolute Gasteiger partial charge is 0.116 e. The van der Waals surface area contributed by atoms with E-state index in [-0.39, 0.29) is 6.10 Å². The Labute approximate surface area is 118 Å². The van der Waals surface area contributed by atoms with E-state index in [1.54, 1.807) is 0 Å². The summed E-state index contributed by atoms with van der Waals surface area (Å²) in [5, 5.41) is 0. The molecule has 2 unspecified atom stereocenters. The molecule has 1 nitrogen and oxygen atoms in total. The molecule has 1 aromatic carbocycles. The van der Waals surface area contributed by atoms with Gasteiger partial charge in [0, 0.05) is 8.06 Å². The van der Waals surface area contributed by atoms with E-state index in [4.69, 9.17) is 4.74 Å². The molecule has 0 spiro atoms. The fraction of sp³-hybridized carbons (Fsp3) is 0.385. The van der Waals surface area contributed by atoms with E-state index in [0.29, 0.717) is 6.10 Å². The Morgan fingerprint density at radius 1 is 1.31 bits per heavy atom. The van der Waals surface area contributed by atoms with Crippen molar-refractivity contribution in [2.24, 2.45) is 0 Å². The first-order valence-electron chi connectivity index (χ1n) is 5.55. The van der Waals surface area contributed by atoms with Gasteiger partial charge in [0.25, 0.3) is 0 Å². The van der Waals surface area contributed by atoms with Crippen LogP contribution in [0.15, 0.2) is 32.3 Å². The normalized spacial score (nSPS) is 28.6. The number of benzene rings is 1. The number of aryl methyl sites for hydroxylation is 1. The Kier molecular flexibility index (Phi) is 3.11. The van der Waals surface area contributed by atoms with E-state index >= 15 is 0 Å². The lowest BCUT2D eigenvalue weighted by molar-refractivity contribution is 0.0493. The molecule has 0 amide bonds. The van der Waals surface area contributed by atoms with Gasteiger partial charge >= 0.3 is 0 Å². The van der Waals surface area contributed by atoms with Crippen LogP contribution in [0.5, 0.6) is 0 Å². The summed E-state index contributed by atoms with van der Waals surface area (Å²) < 4.78 is 8.70. The Morgan fingerprint density at radius 2 is 2.12 bits per heavy atom. The van der Waals surface area contributed by atoms with Gasteiger partial charge in [0.1, 0.15) is 6.10 Å². The van der Waals surface area contributed by atoms with Crippen LogP contribution >= 0.6 is 38.5 Å². The predicted octanol–water partition coefficient (Wildman–Crippen LogP) is 4.50. The number of fused-ring (bicyclic) bond motifs is 4. The van der Waals surface area contributed by atoms with Crippen LogP contribution in [0, 0.1) is 0 Å². The number of ether oxygens (including phenoxy) is 1. The third-order valence-corrected chi connectivity index (χ3v) is 6.15. The Hall–Kier alpha value is 0.130. The van der Waals surface area contributed by atoms with Crippen molar-refractivity contribution < 1.29 is 4.74 Å². The molecular formula is C13H12BrIO. The maximum Gasteiger partial charge on any atom is 0.116 e. The van der Waals surface area contributed by atoms with E-state index in [2.05, 4.69) is 62.8 Å². The Morgan fingerprint density at radius 3 is 3.00 bits per heavy atom. The van der Waals surface area contributed by atoms with Gasteiger partial charge in [0.05, 0.1) is 6.10 Å². The van der Waals surface area contributed by atoms with Crippen molar-refractivity contribution in [2.45, 2.75) is 31.5 Å². The number of hydrogen-bond acceptors (Lipinski definition) is 1. The van der Waals surface area contributed by atoms with Crippen LogP contribution in [-0.4, -0.2) is 6.10 Å². The Bertz CT molecular complexity index is 455. The molecule has 2 atom stereocenters. The SMILES string of the molecule is BrC1=C(I)C2CCCc3ccccc3C1O2.